The maximum atomic E-state index is 11.6. The molecule has 1 aliphatic carbocycles. The normalized spacial score (nSPS) is 14.6. The third-order valence-corrected chi connectivity index (χ3v) is 3.77. The van der Waals surface area contributed by atoms with Crippen LogP contribution in [0.2, 0.25) is 10.0 Å². The van der Waals surface area contributed by atoms with Crippen LogP contribution in [0, 0.1) is 0 Å². The molecule has 1 N–H and O–H groups in total. The van der Waals surface area contributed by atoms with Crippen molar-refractivity contribution in [1.29, 1.82) is 0 Å². The molecule has 0 atom stereocenters. The van der Waals surface area contributed by atoms with Gasteiger partial charge in [0.05, 0.1) is 5.69 Å². The molecular weight excluding hydrogens is 283 g/mol. The average Bonchev–Trinajstić information content (AvgIpc) is 3.16. The minimum absolute atomic E-state index is 0.100. The zero-order valence-electron chi connectivity index (χ0n) is 10.1. The van der Waals surface area contributed by atoms with Gasteiger partial charge in [-0.05, 0) is 30.5 Å². The lowest BCUT2D eigenvalue weighted by Gasteiger charge is -2.06. The van der Waals surface area contributed by atoms with Gasteiger partial charge in [0.1, 0.15) is 5.82 Å². The highest BCUT2D eigenvalue weighted by Crippen LogP contribution is 2.38. The van der Waals surface area contributed by atoms with E-state index in [0.29, 0.717) is 28.2 Å². The Morgan fingerprint density at radius 2 is 2.05 bits per heavy atom. The predicted octanol–water partition coefficient (Wildman–Crippen LogP) is 3.54. The van der Waals surface area contributed by atoms with Crippen LogP contribution in [0.4, 0.5) is 0 Å². The van der Waals surface area contributed by atoms with Crippen molar-refractivity contribution >= 4 is 23.2 Å². The molecule has 1 aromatic carbocycles. The first-order chi connectivity index (χ1) is 9.11. The van der Waals surface area contributed by atoms with Crippen molar-refractivity contribution < 1.29 is 0 Å². The van der Waals surface area contributed by atoms with Crippen LogP contribution < -0.4 is 5.56 Å². The molecular formula is C14H12Cl2N2O. The van der Waals surface area contributed by atoms with Crippen LogP contribution in [-0.4, -0.2) is 9.97 Å². The third-order valence-electron chi connectivity index (χ3n) is 3.18. The molecule has 1 aliphatic rings. The number of H-pyrrole nitrogens is 1. The van der Waals surface area contributed by atoms with Crippen molar-refractivity contribution in [3.05, 3.63) is 61.7 Å². The van der Waals surface area contributed by atoms with Crippen molar-refractivity contribution in [2.24, 2.45) is 0 Å². The highest BCUT2D eigenvalue weighted by atomic mass is 35.5. The van der Waals surface area contributed by atoms with Crippen LogP contribution in [-0.2, 0) is 6.42 Å². The summed E-state index contributed by atoms with van der Waals surface area (Å²) in [5, 5.41) is 1.19. The fourth-order valence-corrected chi connectivity index (χ4v) is 2.52. The quantitative estimate of drug-likeness (QED) is 0.941. The molecule has 1 saturated carbocycles. The van der Waals surface area contributed by atoms with E-state index in [2.05, 4.69) is 9.97 Å². The molecule has 3 rings (SSSR count). The van der Waals surface area contributed by atoms with E-state index in [9.17, 15) is 4.79 Å². The average molecular weight is 295 g/mol. The maximum Gasteiger partial charge on any atom is 0.251 e. The van der Waals surface area contributed by atoms with Crippen molar-refractivity contribution in [2.45, 2.75) is 25.2 Å². The Morgan fingerprint density at radius 3 is 2.74 bits per heavy atom. The van der Waals surface area contributed by atoms with E-state index in [-0.39, 0.29) is 5.56 Å². The Kier molecular flexibility index (Phi) is 3.33. The number of hydrogen-bond donors (Lipinski definition) is 1. The lowest BCUT2D eigenvalue weighted by molar-refractivity contribution is 0.882. The van der Waals surface area contributed by atoms with Gasteiger partial charge in [0.25, 0.3) is 5.56 Å². The van der Waals surface area contributed by atoms with E-state index in [1.54, 1.807) is 18.2 Å². The molecule has 0 bridgehead atoms. The van der Waals surface area contributed by atoms with Gasteiger partial charge >= 0.3 is 0 Å². The second kappa shape index (κ2) is 4.99. The first-order valence-corrected chi connectivity index (χ1v) is 6.91. The lowest BCUT2D eigenvalue weighted by atomic mass is 10.1. The van der Waals surface area contributed by atoms with Crippen molar-refractivity contribution in [3.63, 3.8) is 0 Å². The van der Waals surface area contributed by atoms with E-state index in [1.807, 2.05) is 6.07 Å². The minimum atomic E-state index is -0.100. The first kappa shape index (κ1) is 12.7. The van der Waals surface area contributed by atoms with E-state index in [0.717, 1.165) is 24.1 Å². The monoisotopic (exact) mass is 294 g/mol. The van der Waals surface area contributed by atoms with Gasteiger partial charge in [-0.15, -0.1) is 0 Å². The zero-order chi connectivity index (χ0) is 13.4. The Labute approximate surface area is 120 Å². The fourth-order valence-electron chi connectivity index (χ4n) is 2.05. The molecule has 0 aliphatic heterocycles. The van der Waals surface area contributed by atoms with Crippen LogP contribution in [0.15, 0.2) is 29.1 Å². The second-order valence-electron chi connectivity index (χ2n) is 4.80. The molecule has 3 nitrogen and oxygen atoms in total. The SMILES string of the molecule is O=c1cc(C2CC2)nc(Cc2ccc(Cl)cc2Cl)[nH]1. The number of aromatic nitrogens is 2. The van der Waals surface area contributed by atoms with Gasteiger partial charge in [-0.25, -0.2) is 4.98 Å². The standard InChI is InChI=1S/C14H12Cl2N2O/c15-10-4-3-9(11(16)6-10)5-13-17-12(8-1-2-8)7-14(19)18-13/h3-4,6-8H,1-2,5H2,(H,17,18,19). The van der Waals surface area contributed by atoms with Crippen molar-refractivity contribution in [2.75, 3.05) is 0 Å². The van der Waals surface area contributed by atoms with E-state index < -0.39 is 0 Å². The number of nitrogens with one attached hydrogen (secondary N) is 1. The van der Waals surface area contributed by atoms with Crippen LogP contribution in [0.1, 0.15) is 35.8 Å². The van der Waals surface area contributed by atoms with Gasteiger partial charge in [0.15, 0.2) is 0 Å². The van der Waals surface area contributed by atoms with E-state index >= 15 is 0 Å². The number of benzene rings is 1. The largest absolute Gasteiger partial charge is 0.310 e. The number of halogens is 2. The summed E-state index contributed by atoms with van der Waals surface area (Å²) in [5.74, 6) is 1.11. The molecule has 19 heavy (non-hydrogen) atoms. The molecule has 2 aromatic rings. The molecule has 0 unspecified atom stereocenters. The molecule has 0 saturated heterocycles. The van der Waals surface area contributed by atoms with Crippen LogP contribution in [0.5, 0.6) is 0 Å². The first-order valence-electron chi connectivity index (χ1n) is 6.16. The molecule has 1 aromatic heterocycles. The van der Waals surface area contributed by atoms with Gasteiger partial charge in [0, 0.05) is 28.5 Å². The Balaban J connectivity index is 1.92. The van der Waals surface area contributed by atoms with Crippen molar-refractivity contribution in [1.82, 2.24) is 9.97 Å². The molecule has 1 fully saturated rings. The highest BCUT2D eigenvalue weighted by Gasteiger charge is 2.25. The molecule has 0 spiro atoms. The van der Waals surface area contributed by atoms with Gasteiger partial charge in [-0.3, -0.25) is 4.79 Å². The number of aromatic amines is 1. The van der Waals surface area contributed by atoms with Gasteiger partial charge in [0.2, 0.25) is 0 Å². The topological polar surface area (TPSA) is 45.8 Å². The Hall–Kier alpha value is -1.32. The number of hydrogen-bond acceptors (Lipinski definition) is 2. The summed E-state index contributed by atoms with van der Waals surface area (Å²) in [4.78, 5) is 18.9. The molecule has 0 radical (unpaired) electrons. The summed E-state index contributed by atoms with van der Waals surface area (Å²) in [6.45, 7) is 0. The van der Waals surface area contributed by atoms with Crippen LogP contribution in [0.25, 0.3) is 0 Å². The number of rotatable bonds is 3. The summed E-state index contributed by atoms with van der Waals surface area (Å²) < 4.78 is 0. The zero-order valence-corrected chi connectivity index (χ0v) is 11.6. The Morgan fingerprint density at radius 1 is 1.26 bits per heavy atom. The molecule has 98 valence electrons. The number of nitrogens with zero attached hydrogens (tertiary/aromatic N) is 1. The molecule has 5 heteroatoms. The molecule has 1 heterocycles. The minimum Gasteiger partial charge on any atom is -0.310 e. The highest BCUT2D eigenvalue weighted by molar-refractivity contribution is 6.35. The van der Waals surface area contributed by atoms with Crippen LogP contribution >= 0.6 is 23.2 Å². The lowest BCUT2D eigenvalue weighted by Crippen LogP contribution is -2.12. The van der Waals surface area contributed by atoms with E-state index in [1.165, 1.54) is 0 Å². The van der Waals surface area contributed by atoms with Gasteiger partial charge in [-0.1, -0.05) is 29.3 Å². The van der Waals surface area contributed by atoms with Crippen molar-refractivity contribution in [3.8, 4) is 0 Å². The van der Waals surface area contributed by atoms with Crippen LogP contribution in [0.3, 0.4) is 0 Å². The smallest absolute Gasteiger partial charge is 0.251 e. The summed E-state index contributed by atoms with van der Waals surface area (Å²) in [6, 6.07) is 6.92. The summed E-state index contributed by atoms with van der Waals surface area (Å²) in [7, 11) is 0. The molecule has 0 amide bonds. The second-order valence-corrected chi connectivity index (χ2v) is 5.65. The Bertz CT molecular complexity index is 677. The van der Waals surface area contributed by atoms with E-state index in [4.69, 9.17) is 23.2 Å². The van der Waals surface area contributed by atoms with Gasteiger partial charge < -0.3 is 4.98 Å². The summed E-state index contributed by atoms with van der Waals surface area (Å²) >= 11 is 12.0. The summed E-state index contributed by atoms with van der Waals surface area (Å²) in [5.41, 5.74) is 1.70. The summed E-state index contributed by atoms with van der Waals surface area (Å²) in [6.07, 6.45) is 2.75. The van der Waals surface area contributed by atoms with Gasteiger partial charge in [-0.2, -0.15) is 0 Å². The predicted molar refractivity (Wildman–Crippen MR) is 76.1 cm³/mol. The third kappa shape index (κ3) is 2.99. The maximum absolute atomic E-state index is 11.6. The fraction of sp³-hybridized carbons (Fsp3) is 0.286.